The third-order valence-electron chi connectivity index (χ3n) is 5.33. The number of hydrogen-bond donors (Lipinski definition) is 2. The molecular weight excluding hydrogens is 406 g/mol. The van der Waals surface area contributed by atoms with E-state index < -0.39 is 6.03 Å². The molecule has 0 aliphatic rings. The van der Waals surface area contributed by atoms with Gasteiger partial charge in [-0.05, 0) is 63.1 Å². The number of ether oxygens (including phenoxy) is 1. The van der Waals surface area contributed by atoms with Gasteiger partial charge in [0.2, 0.25) is 0 Å². The number of nitrogens with zero attached hydrogens (tertiary/aromatic N) is 5. The number of nitriles is 1. The minimum Gasteiger partial charge on any atom is -0.489 e. The van der Waals surface area contributed by atoms with Gasteiger partial charge in [0, 0.05) is 12.6 Å². The summed E-state index contributed by atoms with van der Waals surface area (Å²) in [5.41, 5.74) is 6.06. The van der Waals surface area contributed by atoms with E-state index >= 15 is 0 Å². The first kappa shape index (κ1) is 22.8. The molecule has 0 fully saturated rings. The summed E-state index contributed by atoms with van der Waals surface area (Å²) in [7, 11) is 1.43. The van der Waals surface area contributed by atoms with Crippen molar-refractivity contribution in [1.82, 2.24) is 14.8 Å². The molecule has 0 saturated heterocycles. The molecule has 0 bridgehead atoms. The van der Waals surface area contributed by atoms with Gasteiger partial charge in [0.15, 0.2) is 0 Å². The first-order valence-electron chi connectivity index (χ1n) is 10.0. The molecule has 9 heteroatoms. The molecule has 0 unspecified atom stereocenters. The number of anilines is 1. The van der Waals surface area contributed by atoms with Crippen LogP contribution in [0.1, 0.15) is 33.6 Å². The SMILES string of the molecule is Cc1cc(-n2nc(C)c(C#N)c2C)ccc1OCc1c(C)cccc1N(N)C(=O)N(C)N. The first-order chi connectivity index (χ1) is 15.1. The highest BCUT2D eigenvalue weighted by Gasteiger charge is 2.19. The van der Waals surface area contributed by atoms with Gasteiger partial charge in [-0.2, -0.15) is 10.4 Å². The van der Waals surface area contributed by atoms with Crippen molar-refractivity contribution in [3.05, 3.63) is 70.0 Å². The molecule has 3 aromatic rings. The summed E-state index contributed by atoms with van der Waals surface area (Å²) in [4.78, 5) is 12.2. The smallest absolute Gasteiger partial charge is 0.352 e. The molecule has 166 valence electrons. The fourth-order valence-electron chi connectivity index (χ4n) is 3.51. The van der Waals surface area contributed by atoms with Crippen molar-refractivity contribution in [1.29, 1.82) is 5.26 Å². The zero-order chi connectivity index (χ0) is 23.6. The molecule has 0 spiro atoms. The van der Waals surface area contributed by atoms with Crippen molar-refractivity contribution < 1.29 is 9.53 Å². The number of nitrogens with two attached hydrogens (primary N) is 2. The summed E-state index contributed by atoms with van der Waals surface area (Å²) >= 11 is 0. The van der Waals surface area contributed by atoms with Gasteiger partial charge in [0.05, 0.1) is 28.3 Å². The fourth-order valence-corrected chi connectivity index (χ4v) is 3.51. The summed E-state index contributed by atoms with van der Waals surface area (Å²) < 4.78 is 7.84. The molecule has 3 rings (SSSR count). The molecule has 2 aromatic carbocycles. The van der Waals surface area contributed by atoms with E-state index in [0.29, 0.717) is 22.7 Å². The lowest BCUT2D eigenvalue weighted by Gasteiger charge is -2.24. The Hall–Kier alpha value is -3.87. The van der Waals surface area contributed by atoms with Crippen LogP contribution in [-0.4, -0.2) is 27.9 Å². The number of carbonyl (C=O) groups excluding carboxylic acids is 1. The van der Waals surface area contributed by atoms with Crippen molar-refractivity contribution in [2.45, 2.75) is 34.3 Å². The molecule has 0 atom stereocenters. The topological polar surface area (TPSA) is 126 Å². The van der Waals surface area contributed by atoms with Gasteiger partial charge < -0.3 is 4.74 Å². The zero-order valence-corrected chi connectivity index (χ0v) is 18.9. The molecule has 9 nitrogen and oxygen atoms in total. The van der Waals surface area contributed by atoms with Gasteiger partial charge in [0.1, 0.15) is 18.4 Å². The molecule has 0 aliphatic carbocycles. The number of hydrazine groups is 2. The molecule has 32 heavy (non-hydrogen) atoms. The maximum absolute atomic E-state index is 12.2. The minimum absolute atomic E-state index is 0.218. The Bertz CT molecular complexity index is 1210. The largest absolute Gasteiger partial charge is 0.489 e. The van der Waals surface area contributed by atoms with Gasteiger partial charge in [-0.1, -0.05) is 12.1 Å². The number of carbonyl (C=O) groups is 1. The molecule has 0 aliphatic heterocycles. The maximum Gasteiger partial charge on any atom is 0.352 e. The quantitative estimate of drug-likeness (QED) is 0.361. The van der Waals surface area contributed by atoms with Gasteiger partial charge in [-0.15, -0.1) is 0 Å². The molecule has 2 amide bonds. The third-order valence-corrected chi connectivity index (χ3v) is 5.33. The van der Waals surface area contributed by atoms with Crippen LogP contribution in [0.15, 0.2) is 36.4 Å². The van der Waals surface area contributed by atoms with Gasteiger partial charge in [-0.3, -0.25) is 5.01 Å². The molecule has 0 radical (unpaired) electrons. The third kappa shape index (κ3) is 4.27. The van der Waals surface area contributed by atoms with Gasteiger partial charge in [0.25, 0.3) is 0 Å². The van der Waals surface area contributed by atoms with Crippen LogP contribution in [0.4, 0.5) is 10.5 Å². The Kier molecular flexibility index (Phi) is 6.48. The average Bonchev–Trinajstić information content (AvgIpc) is 3.05. The Labute approximate surface area is 187 Å². The summed E-state index contributed by atoms with van der Waals surface area (Å²) in [5, 5.41) is 15.7. The highest BCUT2D eigenvalue weighted by molar-refractivity contribution is 5.91. The highest BCUT2D eigenvalue weighted by atomic mass is 16.5. The van der Waals surface area contributed by atoms with Crippen molar-refractivity contribution >= 4 is 11.7 Å². The molecule has 1 heterocycles. The van der Waals surface area contributed by atoms with E-state index in [9.17, 15) is 10.1 Å². The number of aromatic nitrogens is 2. The first-order valence-corrected chi connectivity index (χ1v) is 10.0. The number of rotatable bonds is 5. The van der Waals surface area contributed by atoms with Crippen LogP contribution < -0.4 is 21.4 Å². The second kappa shape index (κ2) is 9.09. The second-order valence-corrected chi connectivity index (χ2v) is 7.64. The Morgan fingerprint density at radius 3 is 2.47 bits per heavy atom. The Morgan fingerprint density at radius 1 is 1.16 bits per heavy atom. The highest BCUT2D eigenvalue weighted by Crippen LogP contribution is 2.28. The van der Waals surface area contributed by atoms with E-state index in [1.54, 1.807) is 10.7 Å². The number of hydrogen-bond acceptors (Lipinski definition) is 6. The van der Waals surface area contributed by atoms with Crippen molar-refractivity contribution in [3.63, 3.8) is 0 Å². The van der Waals surface area contributed by atoms with Crippen LogP contribution in [0, 0.1) is 39.0 Å². The van der Waals surface area contributed by atoms with E-state index in [-0.39, 0.29) is 6.61 Å². The van der Waals surface area contributed by atoms with Gasteiger partial charge in [-0.25, -0.2) is 26.2 Å². The average molecular weight is 434 g/mol. The van der Waals surface area contributed by atoms with E-state index in [0.717, 1.165) is 38.1 Å². The number of aryl methyl sites for hydroxylation is 3. The molecule has 1 aromatic heterocycles. The molecular formula is C23H27N7O2. The summed E-state index contributed by atoms with van der Waals surface area (Å²) in [6.07, 6.45) is 0. The van der Waals surface area contributed by atoms with Crippen molar-refractivity contribution in [3.8, 4) is 17.5 Å². The number of benzene rings is 2. The van der Waals surface area contributed by atoms with Crippen LogP contribution in [0.25, 0.3) is 5.69 Å². The van der Waals surface area contributed by atoms with Crippen LogP contribution in [0.3, 0.4) is 0 Å². The lowest BCUT2D eigenvalue weighted by atomic mass is 10.1. The lowest BCUT2D eigenvalue weighted by molar-refractivity contribution is 0.216. The summed E-state index contributed by atoms with van der Waals surface area (Å²) in [5.74, 6) is 12.2. The standard InChI is InChI=1S/C23H27N7O2/c1-14-7-6-8-21(29(26)23(31)28(5)25)20(14)13-32-22-10-9-18(11-15(22)2)30-17(4)19(12-24)16(3)27-30/h6-11H,13,25-26H2,1-5H3. The molecule has 4 N–H and O–H groups in total. The van der Waals surface area contributed by atoms with Gasteiger partial charge >= 0.3 is 6.03 Å². The maximum atomic E-state index is 12.2. The van der Waals surface area contributed by atoms with E-state index in [1.165, 1.54) is 7.05 Å². The predicted octanol–water partition coefficient (Wildman–Crippen LogP) is 3.16. The fraction of sp³-hybridized carbons (Fsp3) is 0.261. The Morgan fingerprint density at radius 2 is 1.88 bits per heavy atom. The van der Waals surface area contributed by atoms with E-state index in [2.05, 4.69) is 11.2 Å². The van der Waals surface area contributed by atoms with Crippen molar-refractivity contribution in [2.24, 2.45) is 11.7 Å². The summed E-state index contributed by atoms with van der Waals surface area (Å²) in [6.45, 7) is 7.78. The van der Waals surface area contributed by atoms with Crippen LogP contribution in [0.2, 0.25) is 0 Å². The lowest BCUT2D eigenvalue weighted by Crippen LogP contribution is -2.49. The zero-order valence-electron chi connectivity index (χ0n) is 18.9. The summed E-state index contributed by atoms with van der Waals surface area (Å²) in [6, 6.07) is 12.9. The van der Waals surface area contributed by atoms with E-state index in [1.807, 2.05) is 58.0 Å². The van der Waals surface area contributed by atoms with Crippen LogP contribution >= 0.6 is 0 Å². The van der Waals surface area contributed by atoms with Crippen LogP contribution in [-0.2, 0) is 6.61 Å². The predicted molar refractivity (Wildman–Crippen MR) is 122 cm³/mol. The minimum atomic E-state index is -0.543. The van der Waals surface area contributed by atoms with E-state index in [4.69, 9.17) is 16.4 Å². The Balaban J connectivity index is 1.86. The second-order valence-electron chi connectivity index (χ2n) is 7.64. The number of urea groups is 1. The van der Waals surface area contributed by atoms with Crippen molar-refractivity contribution in [2.75, 3.05) is 12.1 Å². The molecule has 0 saturated carbocycles. The number of amides is 2. The monoisotopic (exact) mass is 433 g/mol. The van der Waals surface area contributed by atoms with Crippen LogP contribution in [0.5, 0.6) is 5.75 Å². The normalized spacial score (nSPS) is 10.6.